The molecule has 0 aromatic carbocycles. The summed E-state index contributed by atoms with van der Waals surface area (Å²) >= 11 is 0. The smallest absolute Gasteiger partial charge is 0.416 e. The number of halogens is 3. The average Bonchev–Trinajstić information content (AvgIpc) is 2.27. The predicted octanol–water partition coefficient (Wildman–Crippen LogP) is 2.05. The summed E-state index contributed by atoms with van der Waals surface area (Å²) in [5.74, 6) is -0.708. The summed E-state index contributed by atoms with van der Waals surface area (Å²) in [6.07, 6.45) is -4.46. The second-order valence-electron chi connectivity index (χ2n) is 3.65. The average molecular weight is 277 g/mol. The maximum Gasteiger partial charge on any atom is 0.416 e. The second kappa shape index (κ2) is 6.26. The summed E-state index contributed by atoms with van der Waals surface area (Å²) in [6, 6.07) is 1.58. The van der Waals surface area contributed by atoms with Crippen molar-refractivity contribution in [3.63, 3.8) is 0 Å². The summed E-state index contributed by atoms with van der Waals surface area (Å²) in [4.78, 5) is 14.7. The van der Waals surface area contributed by atoms with Crippen molar-refractivity contribution < 1.29 is 22.7 Å². The molecular formula is C11H14F3N3O2. The van der Waals surface area contributed by atoms with E-state index in [-0.39, 0.29) is 31.2 Å². The molecule has 0 aliphatic rings. The van der Waals surface area contributed by atoms with E-state index in [1.54, 1.807) is 6.92 Å². The van der Waals surface area contributed by atoms with Gasteiger partial charge in [-0.15, -0.1) is 0 Å². The van der Waals surface area contributed by atoms with Crippen LogP contribution in [0.1, 0.15) is 18.9 Å². The van der Waals surface area contributed by atoms with Gasteiger partial charge < -0.3 is 15.8 Å². The fourth-order valence-electron chi connectivity index (χ4n) is 1.33. The van der Waals surface area contributed by atoms with Gasteiger partial charge in [0.1, 0.15) is 11.6 Å². The lowest BCUT2D eigenvalue weighted by Crippen LogP contribution is -2.13. The van der Waals surface area contributed by atoms with Crippen LogP contribution in [-0.2, 0) is 15.7 Å². The molecule has 19 heavy (non-hydrogen) atoms. The van der Waals surface area contributed by atoms with Crippen molar-refractivity contribution in [1.82, 2.24) is 4.98 Å². The first-order chi connectivity index (χ1) is 8.82. The third-order valence-corrected chi connectivity index (χ3v) is 2.11. The summed E-state index contributed by atoms with van der Waals surface area (Å²) in [5, 5.41) is 2.60. The van der Waals surface area contributed by atoms with Crippen molar-refractivity contribution in [2.45, 2.75) is 19.5 Å². The molecule has 5 nitrogen and oxygen atoms in total. The summed E-state index contributed by atoms with van der Waals surface area (Å²) in [7, 11) is 0. The third-order valence-electron chi connectivity index (χ3n) is 2.11. The van der Waals surface area contributed by atoms with Crippen molar-refractivity contribution in [3.8, 4) is 0 Å². The Kier molecular flexibility index (Phi) is 4.96. The van der Waals surface area contributed by atoms with Crippen LogP contribution in [0.4, 0.5) is 24.8 Å². The zero-order valence-electron chi connectivity index (χ0n) is 10.3. The van der Waals surface area contributed by atoms with Crippen molar-refractivity contribution in [2.24, 2.45) is 0 Å². The van der Waals surface area contributed by atoms with Crippen LogP contribution in [0.2, 0.25) is 0 Å². The highest BCUT2D eigenvalue weighted by Crippen LogP contribution is 2.31. The Labute approximate surface area is 108 Å². The molecular weight excluding hydrogens is 263 g/mol. The van der Waals surface area contributed by atoms with Gasteiger partial charge in [-0.3, -0.25) is 4.79 Å². The maximum absolute atomic E-state index is 12.5. The molecule has 1 aromatic heterocycles. The molecule has 0 saturated heterocycles. The highest BCUT2D eigenvalue weighted by Gasteiger charge is 2.31. The SMILES string of the molecule is CCOC(=O)CCNc1cc(C(F)(F)F)cc(N)n1. The number of esters is 1. The van der Waals surface area contributed by atoms with E-state index in [2.05, 4.69) is 15.0 Å². The van der Waals surface area contributed by atoms with Gasteiger partial charge in [-0.05, 0) is 19.1 Å². The molecule has 1 heterocycles. The van der Waals surface area contributed by atoms with Crippen LogP contribution in [0.5, 0.6) is 0 Å². The Morgan fingerprint density at radius 1 is 1.47 bits per heavy atom. The van der Waals surface area contributed by atoms with Crippen molar-refractivity contribution >= 4 is 17.6 Å². The number of nitrogen functional groups attached to an aromatic ring is 1. The van der Waals surface area contributed by atoms with Crippen molar-refractivity contribution in [1.29, 1.82) is 0 Å². The van der Waals surface area contributed by atoms with E-state index in [1.165, 1.54) is 0 Å². The molecule has 0 fully saturated rings. The number of ether oxygens (including phenoxy) is 1. The third kappa shape index (κ3) is 5.02. The fourth-order valence-corrected chi connectivity index (χ4v) is 1.33. The first-order valence-corrected chi connectivity index (χ1v) is 5.57. The number of aromatic nitrogens is 1. The Morgan fingerprint density at radius 2 is 2.16 bits per heavy atom. The zero-order valence-corrected chi connectivity index (χ0v) is 10.3. The number of hydrogen-bond donors (Lipinski definition) is 2. The zero-order chi connectivity index (χ0) is 14.5. The number of hydrogen-bond acceptors (Lipinski definition) is 5. The minimum Gasteiger partial charge on any atom is -0.466 e. The van der Waals surface area contributed by atoms with Crippen molar-refractivity contribution in [3.05, 3.63) is 17.7 Å². The first-order valence-electron chi connectivity index (χ1n) is 5.57. The number of anilines is 2. The molecule has 3 N–H and O–H groups in total. The first kappa shape index (κ1) is 15.1. The minimum atomic E-state index is -4.49. The Bertz CT molecular complexity index is 449. The topological polar surface area (TPSA) is 77.2 Å². The monoisotopic (exact) mass is 277 g/mol. The largest absolute Gasteiger partial charge is 0.466 e. The summed E-state index contributed by atoms with van der Waals surface area (Å²) in [5.41, 5.74) is 4.40. The van der Waals surface area contributed by atoms with Gasteiger partial charge in [0.05, 0.1) is 18.6 Å². The molecule has 0 unspecified atom stereocenters. The number of alkyl halides is 3. The molecule has 0 atom stereocenters. The van der Waals surface area contributed by atoms with Crippen LogP contribution >= 0.6 is 0 Å². The van der Waals surface area contributed by atoms with Crippen LogP contribution in [0.15, 0.2) is 12.1 Å². The Balaban J connectivity index is 2.64. The van der Waals surface area contributed by atoms with Gasteiger partial charge in [0.2, 0.25) is 0 Å². The van der Waals surface area contributed by atoms with Gasteiger partial charge in [0.25, 0.3) is 0 Å². The van der Waals surface area contributed by atoms with E-state index >= 15 is 0 Å². The number of carbonyl (C=O) groups excluding carboxylic acids is 1. The number of nitrogens with zero attached hydrogens (tertiary/aromatic N) is 1. The van der Waals surface area contributed by atoms with Gasteiger partial charge in [0, 0.05) is 6.54 Å². The van der Waals surface area contributed by atoms with Gasteiger partial charge in [-0.2, -0.15) is 13.2 Å². The Morgan fingerprint density at radius 3 is 2.74 bits per heavy atom. The number of pyridine rings is 1. The molecule has 0 spiro atoms. The van der Waals surface area contributed by atoms with E-state index in [0.29, 0.717) is 0 Å². The van der Waals surface area contributed by atoms with E-state index < -0.39 is 17.7 Å². The van der Waals surface area contributed by atoms with Crippen LogP contribution < -0.4 is 11.1 Å². The lowest BCUT2D eigenvalue weighted by Gasteiger charge is -2.11. The van der Waals surface area contributed by atoms with E-state index in [9.17, 15) is 18.0 Å². The van der Waals surface area contributed by atoms with Crippen LogP contribution in [0, 0.1) is 0 Å². The maximum atomic E-state index is 12.5. The van der Waals surface area contributed by atoms with Crippen molar-refractivity contribution in [2.75, 3.05) is 24.2 Å². The molecule has 0 radical (unpaired) electrons. The Hall–Kier alpha value is -1.99. The molecule has 1 aromatic rings. The number of carbonyl (C=O) groups is 1. The van der Waals surface area contributed by atoms with Gasteiger partial charge >= 0.3 is 12.1 Å². The van der Waals surface area contributed by atoms with Gasteiger partial charge in [-0.25, -0.2) is 4.98 Å². The lowest BCUT2D eigenvalue weighted by atomic mass is 10.2. The van der Waals surface area contributed by atoms with Crippen LogP contribution in [0.3, 0.4) is 0 Å². The van der Waals surface area contributed by atoms with E-state index in [0.717, 1.165) is 12.1 Å². The molecule has 0 amide bonds. The molecule has 0 bridgehead atoms. The highest BCUT2D eigenvalue weighted by molar-refractivity contribution is 5.70. The van der Waals surface area contributed by atoms with Crippen LogP contribution in [-0.4, -0.2) is 24.1 Å². The molecule has 106 valence electrons. The number of rotatable bonds is 5. The van der Waals surface area contributed by atoms with E-state index in [4.69, 9.17) is 5.73 Å². The lowest BCUT2D eigenvalue weighted by molar-refractivity contribution is -0.142. The molecule has 8 heteroatoms. The van der Waals surface area contributed by atoms with Gasteiger partial charge in [-0.1, -0.05) is 0 Å². The summed E-state index contributed by atoms with van der Waals surface area (Å²) in [6.45, 7) is 2.04. The second-order valence-corrected chi connectivity index (χ2v) is 3.65. The fraction of sp³-hybridized carbons (Fsp3) is 0.455. The quantitative estimate of drug-likeness (QED) is 0.805. The number of nitrogens with one attached hydrogen (secondary N) is 1. The minimum absolute atomic E-state index is 0.0309. The predicted molar refractivity (Wildman–Crippen MR) is 63.4 cm³/mol. The molecule has 0 saturated carbocycles. The summed E-state index contributed by atoms with van der Waals surface area (Å²) < 4.78 is 42.2. The van der Waals surface area contributed by atoms with E-state index in [1.807, 2.05) is 0 Å². The van der Waals surface area contributed by atoms with Gasteiger partial charge in [0.15, 0.2) is 0 Å². The normalized spacial score (nSPS) is 11.2. The molecule has 0 aliphatic heterocycles. The van der Waals surface area contributed by atoms with Crippen LogP contribution in [0.25, 0.3) is 0 Å². The highest BCUT2D eigenvalue weighted by atomic mass is 19.4. The molecule has 1 rings (SSSR count). The molecule has 0 aliphatic carbocycles. The number of nitrogens with two attached hydrogens (primary N) is 1. The standard InChI is InChI=1S/C11H14F3N3O2/c1-2-19-10(18)3-4-16-9-6-7(11(12,13)14)5-8(15)17-9/h5-6H,2-4H2,1H3,(H3,15,16,17).